The molecule has 1 aromatic carbocycles. The van der Waals surface area contributed by atoms with Crippen molar-refractivity contribution in [1.82, 2.24) is 14.5 Å². The first-order valence-electron chi connectivity index (χ1n) is 6.89. The van der Waals surface area contributed by atoms with Gasteiger partial charge in [0.15, 0.2) is 5.69 Å². The third kappa shape index (κ3) is 2.54. The average molecular weight is 315 g/mol. The van der Waals surface area contributed by atoms with E-state index in [2.05, 4.69) is 4.98 Å². The monoisotopic (exact) mass is 315 g/mol. The van der Waals surface area contributed by atoms with E-state index < -0.39 is 11.9 Å². The summed E-state index contributed by atoms with van der Waals surface area (Å²) in [5.74, 6) is -2.55. The molecule has 0 aliphatic carbocycles. The van der Waals surface area contributed by atoms with E-state index in [0.29, 0.717) is 16.9 Å². The summed E-state index contributed by atoms with van der Waals surface area (Å²) < 4.78 is 1.57. The molecule has 2 aromatic rings. The highest BCUT2D eigenvalue weighted by molar-refractivity contribution is 5.99. The van der Waals surface area contributed by atoms with Gasteiger partial charge in [0.2, 0.25) is 0 Å². The number of carbonyl (C=O) groups is 3. The number of amides is 1. The molecule has 2 N–H and O–H groups in total. The molecule has 2 heterocycles. The van der Waals surface area contributed by atoms with Crippen LogP contribution in [0.2, 0.25) is 0 Å². The lowest BCUT2D eigenvalue weighted by Crippen LogP contribution is -2.32. The number of carbonyl (C=O) groups excluding carboxylic acids is 1. The largest absolute Gasteiger partial charge is 0.481 e. The Hall–Kier alpha value is -3.16. The van der Waals surface area contributed by atoms with Crippen molar-refractivity contribution in [2.75, 3.05) is 6.54 Å². The zero-order valence-electron chi connectivity index (χ0n) is 12.0. The standard InChI is InChI=1S/C15H13N3O5/c19-12(20)5-6-17-7-11-13(15(22)23)16-8-18(11)10-4-2-1-3-9(10)14(17)21/h1-4,8H,5-7H2,(H,19,20)(H,22,23). The predicted molar refractivity (Wildman–Crippen MR) is 77.5 cm³/mol. The van der Waals surface area contributed by atoms with Crippen LogP contribution in [-0.4, -0.2) is 49.1 Å². The number of hydrogen-bond acceptors (Lipinski definition) is 4. The molecular weight excluding hydrogens is 302 g/mol. The Morgan fingerprint density at radius 3 is 2.65 bits per heavy atom. The molecule has 0 atom stereocenters. The molecule has 118 valence electrons. The normalized spacial score (nSPS) is 13.2. The summed E-state index contributed by atoms with van der Waals surface area (Å²) in [6.07, 6.45) is 1.15. The molecule has 0 bridgehead atoms. The minimum Gasteiger partial charge on any atom is -0.481 e. The maximum absolute atomic E-state index is 12.6. The van der Waals surface area contributed by atoms with Gasteiger partial charge in [-0.15, -0.1) is 0 Å². The zero-order valence-corrected chi connectivity index (χ0v) is 12.0. The molecule has 8 heteroatoms. The zero-order chi connectivity index (χ0) is 16.6. The lowest BCUT2D eigenvalue weighted by Gasteiger charge is -2.19. The lowest BCUT2D eigenvalue weighted by atomic mass is 10.1. The van der Waals surface area contributed by atoms with Crippen molar-refractivity contribution in [1.29, 1.82) is 0 Å². The van der Waals surface area contributed by atoms with Crippen molar-refractivity contribution >= 4 is 17.8 Å². The summed E-state index contributed by atoms with van der Waals surface area (Å²) in [6.45, 7) is -0.0187. The van der Waals surface area contributed by atoms with Crippen LogP contribution in [0.5, 0.6) is 0 Å². The van der Waals surface area contributed by atoms with E-state index in [4.69, 9.17) is 5.11 Å². The molecule has 23 heavy (non-hydrogen) atoms. The highest BCUT2D eigenvalue weighted by Crippen LogP contribution is 2.26. The van der Waals surface area contributed by atoms with Crippen molar-refractivity contribution in [2.45, 2.75) is 13.0 Å². The van der Waals surface area contributed by atoms with Crippen LogP contribution in [0.4, 0.5) is 0 Å². The van der Waals surface area contributed by atoms with Gasteiger partial charge in [0.25, 0.3) is 5.91 Å². The van der Waals surface area contributed by atoms with Crippen molar-refractivity contribution in [3.8, 4) is 5.69 Å². The van der Waals surface area contributed by atoms with Crippen molar-refractivity contribution in [3.63, 3.8) is 0 Å². The fourth-order valence-corrected chi connectivity index (χ4v) is 2.61. The first-order valence-corrected chi connectivity index (χ1v) is 6.89. The van der Waals surface area contributed by atoms with Crippen molar-refractivity contribution in [3.05, 3.63) is 47.5 Å². The van der Waals surface area contributed by atoms with Gasteiger partial charge in [-0.1, -0.05) is 12.1 Å². The quantitative estimate of drug-likeness (QED) is 0.870. The maximum atomic E-state index is 12.6. The smallest absolute Gasteiger partial charge is 0.356 e. The summed E-state index contributed by atoms with van der Waals surface area (Å²) in [6, 6.07) is 6.76. The molecule has 1 amide bonds. The number of hydrogen-bond donors (Lipinski definition) is 2. The van der Waals surface area contributed by atoms with Gasteiger partial charge < -0.3 is 15.1 Å². The first-order chi connectivity index (χ1) is 11.0. The minimum absolute atomic E-state index is 0.00720. The number of aromatic nitrogens is 2. The Kier molecular flexibility index (Phi) is 3.57. The summed E-state index contributed by atoms with van der Waals surface area (Å²) in [4.78, 5) is 40.0. The van der Waals surface area contributed by atoms with E-state index in [0.717, 1.165) is 0 Å². The Bertz CT molecular complexity index is 811. The molecular formula is C15H13N3O5. The van der Waals surface area contributed by atoms with Crippen LogP contribution in [0.1, 0.15) is 33.0 Å². The Labute approximate surface area is 130 Å². The maximum Gasteiger partial charge on any atom is 0.356 e. The van der Waals surface area contributed by atoms with Gasteiger partial charge in [-0.25, -0.2) is 9.78 Å². The summed E-state index contributed by atoms with van der Waals surface area (Å²) in [7, 11) is 0. The third-order valence-corrected chi connectivity index (χ3v) is 3.69. The van der Waals surface area contributed by atoms with Crippen LogP contribution in [-0.2, 0) is 11.3 Å². The van der Waals surface area contributed by atoms with Gasteiger partial charge in [-0.3, -0.25) is 14.2 Å². The molecule has 3 rings (SSSR count). The van der Waals surface area contributed by atoms with E-state index >= 15 is 0 Å². The molecule has 0 unspecified atom stereocenters. The summed E-state index contributed by atoms with van der Waals surface area (Å²) in [5, 5.41) is 18.1. The second-order valence-corrected chi connectivity index (χ2v) is 5.10. The number of para-hydroxylation sites is 1. The van der Waals surface area contributed by atoms with E-state index in [-0.39, 0.29) is 31.1 Å². The highest BCUT2D eigenvalue weighted by Gasteiger charge is 2.29. The molecule has 1 aliphatic rings. The van der Waals surface area contributed by atoms with Crippen LogP contribution >= 0.6 is 0 Å². The fraction of sp³-hybridized carbons (Fsp3) is 0.200. The molecule has 0 saturated heterocycles. The van der Waals surface area contributed by atoms with Crippen LogP contribution in [0.15, 0.2) is 30.6 Å². The molecule has 0 fully saturated rings. The number of aliphatic carboxylic acids is 1. The SMILES string of the molecule is O=C(O)CCN1Cc2c(C(=O)O)ncn2-c2ccccc2C1=O. The van der Waals surface area contributed by atoms with E-state index in [1.165, 1.54) is 11.2 Å². The van der Waals surface area contributed by atoms with E-state index in [1.54, 1.807) is 28.8 Å². The minimum atomic E-state index is -1.19. The van der Waals surface area contributed by atoms with Gasteiger partial charge in [0.05, 0.1) is 29.9 Å². The van der Waals surface area contributed by atoms with Crippen LogP contribution in [0.25, 0.3) is 5.69 Å². The van der Waals surface area contributed by atoms with Crippen LogP contribution in [0.3, 0.4) is 0 Å². The van der Waals surface area contributed by atoms with Crippen LogP contribution in [0, 0.1) is 0 Å². The van der Waals surface area contributed by atoms with Crippen molar-refractivity contribution in [2.24, 2.45) is 0 Å². The Morgan fingerprint density at radius 1 is 1.22 bits per heavy atom. The number of carboxylic acids is 2. The molecule has 0 spiro atoms. The number of nitrogens with zero attached hydrogens (tertiary/aromatic N) is 3. The first kappa shape index (κ1) is 14.8. The van der Waals surface area contributed by atoms with E-state index in [9.17, 15) is 19.5 Å². The predicted octanol–water partition coefficient (Wildman–Crippen LogP) is 1.00. The van der Waals surface area contributed by atoms with Crippen LogP contribution < -0.4 is 0 Å². The van der Waals surface area contributed by atoms with E-state index in [1.807, 2.05) is 0 Å². The number of aromatic carboxylic acids is 1. The number of imidazole rings is 1. The number of carboxylic acid groups (broad SMARTS) is 2. The summed E-state index contributed by atoms with van der Waals surface area (Å²) in [5.41, 5.74) is 1.12. The molecule has 0 saturated carbocycles. The molecule has 8 nitrogen and oxygen atoms in total. The van der Waals surface area contributed by atoms with Crippen molar-refractivity contribution < 1.29 is 24.6 Å². The number of rotatable bonds is 4. The number of fused-ring (bicyclic) bond motifs is 3. The van der Waals surface area contributed by atoms with Gasteiger partial charge >= 0.3 is 11.9 Å². The molecule has 1 aliphatic heterocycles. The molecule has 1 aromatic heterocycles. The van der Waals surface area contributed by atoms with Gasteiger partial charge in [-0.2, -0.15) is 0 Å². The second kappa shape index (κ2) is 5.56. The Morgan fingerprint density at radius 2 is 1.96 bits per heavy atom. The van der Waals surface area contributed by atoms with Gasteiger partial charge in [0, 0.05) is 6.54 Å². The Balaban J connectivity index is 2.13. The lowest BCUT2D eigenvalue weighted by molar-refractivity contribution is -0.137. The highest BCUT2D eigenvalue weighted by atomic mass is 16.4. The molecule has 0 radical (unpaired) electrons. The summed E-state index contributed by atoms with van der Waals surface area (Å²) >= 11 is 0. The third-order valence-electron chi connectivity index (χ3n) is 3.69. The average Bonchev–Trinajstić information content (AvgIpc) is 2.89. The topological polar surface area (TPSA) is 113 Å². The van der Waals surface area contributed by atoms with Gasteiger partial charge in [0.1, 0.15) is 6.33 Å². The fourth-order valence-electron chi connectivity index (χ4n) is 2.61. The second-order valence-electron chi connectivity index (χ2n) is 5.10. The number of benzene rings is 1. The van der Waals surface area contributed by atoms with Gasteiger partial charge in [-0.05, 0) is 12.1 Å².